The SMILES string of the molecule is Cc1ccc(-c2nc(C)c(C(=O)Nc3ccc(SC(=O)N(C)C)cc3)s2)o1. The number of aromatic nitrogens is 1. The van der Waals surface area contributed by atoms with Gasteiger partial charge in [0.05, 0.1) is 5.69 Å². The lowest BCUT2D eigenvalue weighted by molar-refractivity contribution is 0.103. The number of hydrogen-bond donors (Lipinski definition) is 1. The first kappa shape index (κ1) is 19.2. The maximum Gasteiger partial charge on any atom is 0.285 e. The van der Waals surface area contributed by atoms with Crippen LogP contribution in [0.2, 0.25) is 0 Å². The first-order valence-corrected chi connectivity index (χ1v) is 9.81. The van der Waals surface area contributed by atoms with Crippen LogP contribution in [-0.4, -0.2) is 35.1 Å². The Kier molecular flexibility index (Phi) is 5.67. The van der Waals surface area contributed by atoms with Crippen molar-refractivity contribution in [2.45, 2.75) is 18.7 Å². The van der Waals surface area contributed by atoms with E-state index in [0.29, 0.717) is 27.0 Å². The van der Waals surface area contributed by atoms with Gasteiger partial charge in [0.2, 0.25) is 0 Å². The summed E-state index contributed by atoms with van der Waals surface area (Å²) in [5.41, 5.74) is 1.31. The lowest BCUT2D eigenvalue weighted by atomic mass is 10.3. The van der Waals surface area contributed by atoms with E-state index in [-0.39, 0.29) is 11.1 Å². The van der Waals surface area contributed by atoms with Gasteiger partial charge in [-0.1, -0.05) is 0 Å². The monoisotopic (exact) mass is 401 g/mol. The molecule has 0 saturated heterocycles. The highest BCUT2D eigenvalue weighted by Gasteiger charge is 2.18. The molecule has 0 radical (unpaired) electrons. The molecule has 1 N–H and O–H groups in total. The molecule has 1 aromatic carbocycles. The molecular formula is C19H19N3O3S2. The second-order valence-corrected chi connectivity index (χ2v) is 8.11. The number of carbonyl (C=O) groups excluding carboxylic acids is 2. The van der Waals surface area contributed by atoms with Gasteiger partial charge >= 0.3 is 0 Å². The summed E-state index contributed by atoms with van der Waals surface area (Å²) in [6, 6.07) is 10.9. The zero-order valence-corrected chi connectivity index (χ0v) is 17.0. The van der Waals surface area contributed by atoms with Gasteiger partial charge in [-0.25, -0.2) is 4.98 Å². The maximum atomic E-state index is 12.6. The number of thioether (sulfide) groups is 1. The van der Waals surface area contributed by atoms with Crippen LogP contribution in [-0.2, 0) is 0 Å². The van der Waals surface area contributed by atoms with Crippen LogP contribution in [0, 0.1) is 13.8 Å². The van der Waals surface area contributed by atoms with Gasteiger partial charge in [-0.05, 0) is 62.0 Å². The van der Waals surface area contributed by atoms with Crippen LogP contribution in [0.3, 0.4) is 0 Å². The summed E-state index contributed by atoms with van der Waals surface area (Å²) in [6.07, 6.45) is 0. The number of carbonyl (C=O) groups is 2. The van der Waals surface area contributed by atoms with Gasteiger partial charge in [-0.3, -0.25) is 9.59 Å². The van der Waals surface area contributed by atoms with Crippen molar-refractivity contribution in [2.24, 2.45) is 0 Å². The minimum Gasteiger partial charge on any atom is -0.459 e. The summed E-state index contributed by atoms with van der Waals surface area (Å²) in [6.45, 7) is 3.67. The zero-order valence-electron chi connectivity index (χ0n) is 15.4. The number of amides is 2. The smallest absolute Gasteiger partial charge is 0.285 e. The molecule has 27 heavy (non-hydrogen) atoms. The highest BCUT2D eigenvalue weighted by atomic mass is 32.2. The van der Waals surface area contributed by atoms with Crippen molar-refractivity contribution in [3.05, 3.63) is 52.7 Å². The topological polar surface area (TPSA) is 75.4 Å². The zero-order chi connectivity index (χ0) is 19.6. The van der Waals surface area contributed by atoms with Gasteiger partial charge in [-0.15, -0.1) is 11.3 Å². The number of furan rings is 1. The minimum atomic E-state index is -0.218. The number of rotatable bonds is 4. The van der Waals surface area contributed by atoms with Crippen LogP contribution in [0.1, 0.15) is 21.1 Å². The Morgan fingerprint density at radius 2 is 1.81 bits per heavy atom. The van der Waals surface area contributed by atoms with Gasteiger partial charge in [0, 0.05) is 24.7 Å². The van der Waals surface area contributed by atoms with E-state index < -0.39 is 0 Å². The Labute approximate surface area is 165 Å². The van der Waals surface area contributed by atoms with Crippen LogP contribution >= 0.6 is 23.1 Å². The highest BCUT2D eigenvalue weighted by molar-refractivity contribution is 8.13. The maximum absolute atomic E-state index is 12.6. The number of benzene rings is 1. The lowest BCUT2D eigenvalue weighted by Crippen LogP contribution is -2.16. The van der Waals surface area contributed by atoms with Crippen molar-refractivity contribution in [3.63, 3.8) is 0 Å². The average molecular weight is 402 g/mol. The number of nitrogens with one attached hydrogen (secondary N) is 1. The van der Waals surface area contributed by atoms with E-state index in [2.05, 4.69) is 10.3 Å². The van der Waals surface area contributed by atoms with E-state index in [0.717, 1.165) is 22.4 Å². The van der Waals surface area contributed by atoms with Crippen LogP contribution in [0.5, 0.6) is 0 Å². The molecule has 0 aliphatic heterocycles. The van der Waals surface area contributed by atoms with E-state index in [1.54, 1.807) is 45.3 Å². The molecule has 0 spiro atoms. The molecule has 140 valence electrons. The molecular weight excluding hydrogens is 382 g/mol. The Hall–Kier alpha value is -2.58. The van der Waals surface area contributed by atoms with Crippen molar-refractivity contribution in [1.82, 2.24) is 9.88 Å². The molecule has 0 aliphatic rings. The fraction of sp³-hybridized carbons (Fsp3) is 0.211. The van der Waals surface area contributed by atoms with Crippen molar-refractivity contribution >= 4 is 39.9 Å². The molecule has 6 nitrogen and oxygen atoms in total. The summed E-state index contributed by atoms with van der Waals surface area (Å²) >= 11 is 2.43. The molecule has 0 aliphatic carbocycles. The summed E-state index contributed by atoms with van der Waals surface area (Å²) in [5, 5.41) is 3.50. The van der Waals surface area contributed by atoms with E-state index in [9.17, 15) is 9.59 Å². The molecule has 0 unspecified atom stereocenters. The predicted octanol–water partition coefficient (Wildman–Crippen LogP) is 5.05. The van der Waals surface area contributed by atoms with Crippen molar-refractivity contribution < 1.29 is 14.0 Å². The van der Waals surface area contributed by atoms with Crippen molar-refractivity contribution in [3.8, 4) is 10.8 Å². The van der Waals surface area contributed by atoms with E-state index >= 15 is 0 Å². The molecule has 0 saturated carbocycles. The largest absolute Gasteiger partial charge is 0.459 e. The summed E-state index contributed by atoms with van der Waals surface area (Å²) < 4.78 is 5.58. The minimum absolute atomic E-state index is 0.0484. The van der Waals surface area contributed by atoms with Gasteiger partial charge in [0.15, 0.2) is 10.8 Å². The normalized spacial score (nSPS) is 10.7. The van der Waals surface area contributed by atoms with Crippen LogP contribution in [0.4, 0.5) is 10.5 Å². The standard InChI is InChI=1S/C19H19N3O3S2/c1-11-5-10-15(25-11)18-20-12(2)16(27-18)17(23)21-13-6-8-14(9-7-13)26-19(24)22(3)4/h5-10H,1-4H3,(H,21,23). The second-order valence-electron chi connectivity index (χ2n) is 6.08. The van der Waals surface area contributed by atoms with Crippen molar-refractivity contribution in [2.75, 3.05) is 19.4 Å². The molecule has 0 atom stereocenters. The number of thiazole rings is 1. The highest BCUT2D eigenvalue weighted by Crippen LogP contribution is 2.30. The third-order valence-electron chi connectivity index (χ3n) is 3.64. The van der Waals surface area contributed by atoms with E-state index in [1.165, 1.54) is 16.2 Å². The first-order valence-electron chi connectivity index (χ1n) is 8.18. The number of hydrogen-bond acceptors (Lipinski definition) is 6. The molecule has 8 heteroatoms. The average Bonchev–Trinajstić information content (AvgIpc) is 3.22. The third kappa shape index (κ3) is 4.58. The quantitative estimate of drug-likeness (QED) is 0.620. The third-order valence-corrected chi connectivity index (χ3v) is 5.85. The van der Waals surface area contributed by atoms with E-state index in [1.807, 2.05) is 19.1 Å². The number of anilines is 1. The Bertz CT molecular complexity index is 975. The molecule has 2 aromatic heterocycles. The van der Waals surface area contributed by atoms with Crippen LogP contribution in [0.15, 0.2) is 45.7 Å². The van der Waals surface area contributed by atoms with E-state index in [4.69, 9.17) is 4.42 Å². The fourth-order valence-corrected chi connectivity index (χ4v) is 3.83. The summed E-state index contributed by atoms with van der Waals surface area (Å²) in [7, 11) is 3.42. The first-order chi connectivity index (χ1) is 12.8. The van der Waals surface area contributed by atoms with Gasteiger partial charge < -0.3 is 14.6 Å². The van der Waals surface area contributed by atoms with Crippen LogP contribution < -0.4 is 5.32 Å². The number of nitrogens with zero attached hydrogens (tertiary/aromatic N) is 2. The molecule has 0 bridgehead atoms. The van der Waals surface area contributed by atoms with Gasteiger partial charge in [0.25, 0.3) is 11.1 Å². The molecule has 2 heterocycles. The Morgan fingerprint density at radius 3 is 2.41 bits per heavy atom. The second kappa shape index (κ2) is 7.98. The molecule has 2 amide bonds. The fourth-order valence-electron chi connectivity index (χ4n) is 2.25. The van der Waals surface area contributed by atoms with Crippen molar-refractivity contribution in [1.29, 1.82) is 0 Å². The number of aryl methyl sites for hydroxylation is 2. The van der Waals surface area contributed by atoms with Crippen LogP contribution in [0.25, 0.3) is 10.8 Å². The Morgan fingerprint density at radius 1 is 1.11 bits per heavy atom. The van der Waals surface area contributed by atoms with Gasteiger partial charge in [-0.2, -0.15) is 0 Å². The summed E-state index contributed by atoms with van der Waals surface area (Å²) in [5.74, 6) is 1.24. The van der Waals surface area contributed by atoms with Gasteiger partial charge in [0.1, 0.15) is 10.6 Å². The molecule has 3 aromatic rings. The summed E-state index contributed by atoms with van der Waals surface area (Å²) in [4.78, 5) is 31.6. The Balaban J connectivity index is 1.70. The predicted molar refractivity (Wildman–Crippen MR) is 109 cm³/mol. The molecule has 0 fully saturated rings. The molecule has 3 rings (SSSR count). The lowest BCUT2D eigenvalue weighted by Gasteiger charge is -2.09.